The number of ether oxygens (including phenoxy) is 4. The molecule has 17 nitrogen and oxygen atoms in total. The zero-order valence-corrected chi connectivity index (χ0v) is 58.6. The fourth-order valence-corrected chi connectivity index (χ4v) is 12.0. The van der Waals surface area contributed by atoms with E-state index in [1.54, 1.807) is 0 Å². The molecule has 5 atom stereocenters. The Morgan fingerprint density at radius 3 is 0.773 bits per heavy atom. The van der Waals surface area contributed by atoms with Crippen LogP contribution in [0.25, 0.3) is 0 Å². The molecule has 0 saturated heterocycles. The van der Waals surface area contributed by atoms with Gasteiger partial charge in [-0.3, -0.25) is 37.3 Å². The van der Waals surface area contributed by atoms with E-state index in [4.69, 9.17) is 37.0 Å². The first-order valence-corrected chi connectivity index (χ1v) is 39.1. The van der Waals surface area contributed by atoms with E-state index in [2.05, 4.69) is 34.6 Å². The zero-order chi connectivity index (χ0) is 64.9. The average Bonchev–Trinajstić information content (AvgIpc) is 3.51. The van der Waals surface area contributed by atoms with Gasteiger partial charge < -0.3 is 33.8 Å². The van der Waals surface area contributed by atoms with Gasteiger partial charge in [0.15, 0.2) is 12.2 Å². The number of carbonyl (C=O) groups excluding carboxylic acids is 4. The van der Waals surface area contributed by atoms with Crippen LogP contribution >= 0.6 is 15.6 Å². The van der Waals surface area contributed by atoms with Crippen molar-refractivity contribution >= 4 is 39.5 Å². The molecule has 0 radical (unpaired) electrons. The van der Waals surface area contributed by atoms with Crippen LogP contribution in [0.3, 0.4) is 0 Å². The predicted molar refractivity (Wildman–Crippen MR) is 354 cm³/mol. The molecule has 0 aliphatic carbocycles. The summed E-state index contributed by atoms with van der Waals surface area (Å²) in [6.07, 6.45) is 48.5. The maximum atomic E-state index is 13.0. The van der Waals surface area contributed by atoms with Gasteiger partial charge in [0.2, 0.25) is 0 Å². The van der Waals surface area contributed by atoms with Crippen LogP contribution in [0.15, 0.2) is 0 Å². The maximum Gasteiger partial charge on any atom is 0.472 e. The standard InChI is InChI=1S/C69H134O17P2/c1-6-9-12-15-18-21-24-26-28-31-34-39-45-50-55-69(74)85-64(58-79-66(71)52-47-42-37-32-30-27-25-22-19-16-13-10-7-2)60-83-87(75,76)81-56-63(70)57-82-88(77,78)84-61-65(59-80-67(72)53-48-43-40-35-36-41-46-51-62(4)5)86-68(73)54-49-44-38-33-29-23-20-17-14-11-8-3/h62-65,70H,6-61H2,1-5H3,(H,75,76)(H,77,78)/t63-,64-,65-/m1/s1. The van der Waals surface area contributed by atoms with E-state index in [1.165, 1.54) is 173 Å². The molecular formula is C69H134O17P2. The largest absolute Gasteiger partial charge is 0.472 e. The van der Waals surface area contributed by atoms with E-state index in [-0.39, 0.29) is 25.7 Å². The second kappa shape index (κ2) is 62.5. The molecule has 0 saturated carbocycles. The van der Waals surface area contributed by atoms with Crippen molar-refractivity contribution in [2.24, 2.45) is 5.92 Å². The molecule has 0 amide bonds. The number of hydrogen-bond acceptors (Lipinski definition) is 15. The van der Waals surface area contributed by atoms with Gasteiger partial charge in [0, 0.05) is 25.7 Å². The Bertz CT molecular complexity index is 1700. The van der Waals surface area contributed by atoms with E-state index in [1.807, 2.05) is 0 Å². The van der Waals surface area contributed by atoms with Crippen molar-refractivity contribution in [2.75, 3.05) is 39.6 Å². The van der Waals surface area contributed by atoms with Crippen LogP contribution in [-0.4, -0.2) is 96.7 Å². The molecule has 19 heteroatoms. The monoisotopic (exact) mass is 1300 g/mol. The maximum absolute atomic E-state index is 13.0. The number of esters is 4. The highest BCUT2D eigenvalue weighted by molar-refractivity contribution is 7.47. The summed E-state index contributed by atoms with van der Waals surface area (Å²) < 4.78 is 68.2. The lowest BCUT2D eigenvalue weighted by Crippen LogP contribution is -2.30. The number of unbranched alkanes of at least 4 members (excludes halogenated alkanes) is 41. The van der Waals surface area contributed by atoms with Crippen molar-refractivity contribution in [3.05, 3.63) is 0 Å². The summed E-state index contributed by atoms with van der Waals surface area (Å²) in [5.74, 6) is -1.42. The van der Waals surface area contributed by atoms with Crippen LogP contribution in [0.1, 0.15) is 356 Å². The molecule has 0 heterocycles. The van der Waals surface area contributed by atoms with Gasteiger partial charge in [0.25, 0.3) is 0 Å². The number of rotatable bonds is 69. The van der Waals surface area contributed by atoms with E-state index < -0.39 is 97.5 Å². The molecular weight excluding hydrogens is 1160 g/mol. The lowest BCUT2D eigenvalue weighted by Gasteiger charge is -2.21. The van der Waals surface area contributed by atoms with Gasteiger partial charge in [-0.05, 0) is 31.6 Å². The summed E-state index contributed by atoms with van der Waals surface area (Å²) in [7, 11) is -9.89. The predicted octanol–water partition coefficient (Wildman–Crippen LogP) is 19.7. The highest BCUT2D eigenvalue weighted by Gasteiger charge is 2.30. The average molecular weight is 1300 g/mol. The van der Waals surface area contributed by atoms with Crippen LogP contribution in [0.2, 0.25) is 0 Å². The van der Waals surface area contributed by atoms with E-state index in [0.29, 0.717) is 31.6 Å². The first-order chi connectivity index (χ1) is 42.5. The SMILES string of the molecule is CCCCCCCCCCCCCCCCC(=O)O[C@H](COC(=O)CCCCCCCCCCCCCCC)COP(=O)(O)OC[C@@H](O)COP(=O)(O)OC[C@@H](COC(=O)CCCCCCCCCC(C)C)OC(=O)CCCCCCCCCCCCC. The topological polar surface area (TPSA) is 237 Å². The van der Waals surface area contributed by atoms with Crippen molar-refractivity contribution in [3.8, 4) is 0 Å². The third-order valence-electron chi connectivity index (χ3n) is 16.0. The molecule has 2 unspecified atom stereocenters. The van der Waals surface area contributed by atoms with Gasteiger partial charge in [-0.25, -0.2) is 9.13 Å². The summed E-state index contributed by atoms with van der Waals surface area (Å²) in [5.41, 5.74) is 0. The van der Waals surface area contributed by atoms with Crippen LogP contribution < -0.4 is 0 Å². The Kier molecular flexibility index (Phi) is 61.1. The van der Waals surface area contributed by atoms with E-state index in [9.17, 15) is 43.2 Å². The van der Waals surface area contributed by atoms with Gasteiger partial charge in [-0.15, -0.1) is 0 Å². The fraction of sp³-hybridized carbons (Fsp3) is 0.942. The highest BCUT2D eigenvalue weighted by atomic mass is 31.2. The summed E-state index contributed by atoms with van der Waals surface area (Å²) in [6.45, 7) is 7.19. The summed E-state index contributed by atoms with van der Waals surface area (Å²) in [5, 5.41) is 10.6. The minimum absolute atomic E-state index is 0.106. The number of hydrogen-bond donors (Lipinski definition) is 3. The van der Waals surface area contributed by atoms with Gasteiger partial charge in [0.05, 0.1) is 26.4 Å². The first kappa shape index (κ1) is 86.1. The molecule has 0 aromatic rings. The first-order valence-electron chi connectivity index (χ1n) is 36.1. The Labute approximate surface area is 537 Å². The van der Waals surface area contributed by atoms with Gasteiger partial charge in [-0.2, -0.15) is 0 Å². The minimum atomic E-state index is -4.95. The quantitative estimate of drug-likeness (QED) is 0.0222. The fourth-order valence-electron chi connectivity index (χ4n) is 10.5. The van der Waals surface area contributed by atoms with Gasteiger partial charge in [0.1, 0.15) is 19.3 Å². The number of phosphoric acid groups is 2. The lowest BCUT2D eigenvalue weighted by atomic mass is 10.0. The van der Waals surface area contributed by atoms with E-state index >= 15 is 0 Å². The molecule has 522 valence electrons. The number of aliphatic hydroxyl groups excluding tert-OH is 1. The van der Waals surface area contributed by atoms with Crippen molar-refractivity contribution in [3.63, 3.8) is 0 Å². The Balaban J connectivity index is 5.24. The van der Waals surface area contributed by atoms with E-state index in [0.717, 1.165) is 96.3 Å². The molecule has 0 aliphatic heterocycles. The van der Waals surface area contributed by atoms with Crippen LogP contribution in [0, 0.1) is 5.92 Å². The van der Waals surface area contributed by atoms with Crippen molar-refractivity contribution < 1.29 is 80.2 Å². The number of phosphoric ester groups is 2. The molecule has 88 heavy (non-hydrogen) atoms. The summed E-state index contributed by atoms with van der Waals surface area (Å²) in [4.78, 5) is 72.5. The highest BCUT2D eigenvalue weighted by Crippen LogP contribution is 2.45. The number of aliphatic hydroxyl groups is 1. The third-order valence-corrected chi connectivity index (χ3v) is 17.9. The van der Waals surface area contributed by atoms with Crippen LogP contribution in [-0.2, 0) is 65.4 Å². The minimum Gasteiger partial charge on any atom is -0.462 e. The van der Waals surface area contributed by atoms with Crippen LogP contribution in [0.5, 0.6) is 0 Å². The molecule has 0 fully saturated rings. The molecule has 0 rings (SSSR count). The summed E-state index contributed by atoms with van der Waals surface area (Å²) in [6, 6.07) is 0. The molecule has 0 aliphatic rings. The Morgan fingerprint density at radius 2 is 0.523 bits per heavy atom. The molecule has 3 N–H and O–H groups in total. The molecule has 0 aromatic heterocycles. The van der Waals surface area contributed by atoms with Gasteiger partial charge in [-0.1, -0.05) is 304 Å². The van der Waals surface area contributed by atoms with Crippen molar-refractivity contribution in [1.82, 2.24) is 0 Å². The lowest BCUT2D eigenvalue weighted by molar-refractivity contribution is -0.161. The van der Waals surface area contributed by atoms with Gasteiger partial charge >= 0.3 is 39.5 Å². The third kappa shape index (κ3) is 62.8. The molecule has 0 bridgehead atoms. The smallest absolute Gasteiger partial charge is 0.462 e. The second-order valence-electron chi connectivity index (χ2n) is 25.4. The zero-order valence-electron chi connectivity index (χ0n) is 56.9. The van der Waals surface area contributed by atoms with Crippen molar-refractivity contribution in [1.29, 1.82) is 0 Å². The molecule has 0 spiro atoms. The van der Waals surface area contributed by atoms with Crippen LogP contribution in [0.4, 0.5) is 0 Å². The second-order valence-corrected chi connectivity index (χ2v) is 28.3. The van der Waals surface area contributed by atoms with Crippen molar-refractivity contribution in [2.45, 2.75) is 374 Å². The Hall–Kier alpha value is -1.94. The Morgan fingerprint density at radius 1 is 0.307 bits per heavy atom. The molecule has 0 aromatic carbocycles. The number of carbonyl (C=O) groups is 4. The normalized spacial score (nSPS) is 14.1. The summed E-state index contributed by atoms with van der Waals surface area (Å²) >= 11 is 0.